The first-order valence-corrected chi connectivity index (χ1v) is 4.61. The molecule has 0 spiro atoms. The van der Waals surface area contributed by atoms with Gasteiger partial charge < -0.3 is 10.1 Å². The molecular formula is C9H8ClN3O. The van der Waals surface area contributed by atoms with Crippen LogP contribution in [0.3, 0.4) is 0 Å². The molecule has 72 valence electrons. The van der Waals surface area contributed by atoms with Crippen molar-refractivity contribution < 1.29 is 4.74 Å². The number of rotatable bonds is 0. The molecule has 0 radical (unpaired) electrons. The molecule has 0 bridgehead atoms. The van der Waals surface area contributed by atoms with Crippen LogP contribution in [0.15, 0.2) is 6.20 Å². The van der Waals surface area contributed by atoms with Crippen LogP contribution in [0.4, 0.5) is 0 Å². The minimum Gasteiger partial charge on any atom is -0.490 e. The Balaban J connectivity index is 2.55. The van der Waals surface area contributed by atoms with Crippen LogP contribution >= 0.6 is 11.6 Å². The van der Waals surface area contributed by atoms with Crippen molar-refractivity contribution in [2.75, 3.05) is 13.2 Å². The van der Waals surface area contributed by atoms with E-state index in [9.17, 15) is 0 Å². The fourth-order valence-corrected chi connectivity index (χ4v) is 1.52. The van der Waals surface area contributed by atoms with Crippen molar-refractivity contribution in [1.82, 2.24) is 10.3 Å². The largest absolute Gasteiger partial charge is 0.490 e. The number of fused-ring (bicyclic) bond motifs is 1. The van der Waals surface area contributed by atoms with Gasteiger partial charge in [0.05, 0.1) is 0 Å². The van der Waals surface area contributed by atoms with Crippen molar-refractivity contribution in [1.29, 1.82) is 5.26 Å². The smallest absolute Gasteiger partial charge is 0.150 e. The Kier molecular flexibility index (Phi) is 2.53. The molecule has 0 saturated heterocycles. The third-order valence-corrected chi connectivity index (χ3v) is 2.30. The van der Waals surface area contributed by atoms with Crippen LogP contribution in [0.2, 0.25) is 5.15 Å². The van der Waals surface area contributed by atoms with E-state index in [0.29, 0.717) is 24.5 Å². The number of hydrogen-bond acceptors (Lipinski definition) is 4. The maximum Gasteiger partial charge on any atom is 0.150 e. The van der Waals surface area contributed by atoms with Crippen molar-refractivity contribution >= 4 is 11.6 Å². The first kappa shape index (κ1) is 9.25. The zero-order valence-corrected chi connectivity index (χ0v) is 8.14. The first-order valence-electron chi connectivity index (χ1n) is 4.24. The maximum atomic E-state index is 8.89. The van der Waals surface area contributed by atoms with E-state index in [1.165, 1.54) is 0 Å². The summed E-state index contributed by atoms with van der Waals surface area (Å²) >= 11 is 5.78. The van der Waals surface area contributed by atoms with E-state index in [1.54, 1.807) is 6.20 Å². The molecule has 1 N–H and O–H groups in total. The Morgan fingerprint density at radius 1 is 1.64 bits per heavy atom. The predicted octanol–water partition coefficient (Wildman–Crippen LogP) is 1.09. The van der Waals surface area contributed by atoms with Crippen molar-refractivity contribution in [2.45, 2.75) is 6.54 Å². The SMILES string of the molecule is N#Cc1c(Cl)ncc2c1OCCNC2. The van der Waals surface area contributed by atoms with Crippen LogP contribution in [0.1, 0.15) is 11.1 Å². The Bertz CT molecular complexity index is 400. The lowest BCUT2D eigenvalue weighted by atomic mass is 10.2. The lowest BCUT2D eigenvalue weighted by molar-refractivity contribution is 0.324. The molecule has 14 heavy (non-hydrogen) atoms. The van der Waals surface area contributed by atoms with Gasteiger partial charge in [0.1, 0.15) is 24.0 Å². The summed E-state index contributed by atoms with van der Waals surface area (Å²) in [4.78, 5) is 3.93. The fraction of sp³-hybridized carbons (Fsp3) is 0.333. The third kappa shape index (κ3) is 1.52. The molecule has 1 aliphatic heterocycles. The summed E-state index contributed by atoms with van der Waals surface area (Å²) in [5.74, 6) is 0.567. The molecule has 4 nitrogen and oxygen atoms in total. The van der Waals surface area contributed by atoms with Crippen molar-refractivity contribution in [3.05, 3.63) is 22.5 Å². The summed E-state index contributed by atoms with van der Waals surface area (Å²) in [6.07, 6.45) is 1.64. The molecular weight excluding hydrogens is 202 g/mol. The van der Waals surface area contributed by atoms with Gasteiger partial charge in [-0.1, -0.05) is 11.6 Å². The van der Waals surface area contributed by atoms with Gasteiger partial charge in [0, 0.05) is 24.8 Å². The van der Waals surface area contributed by atoms with Gasteiger partial charge >= 0.3 is 0 Å². The Morgan fingerprint density at radius 3 is 3.29 bits per heavy atom. The lowest BCUT2D eigenvalue weighted by Crippen LogP contribution is -2.16. The average Bonchev–Trinajstić information content (AvgIpc) is 2.42. The van der Waals surface area contributed by atoms with Gasteiger partial charge in [-0.05, 0) is 0 Å². The number of halogens is 1. The molecule has 0 aromatic carbocycles. The molecule has 5 heteroatoms. The van der Waals surface area contributed by atoms with Crippen LogP contribution in [0.5, 0.6) is 5.75 Å². The van der Waals surface area contributed by atoms with Crippen LogP contribution < -0.4 is 10.1 Å². The standard InChI is InChI=1S/C9H8ClN3O/c10-9-7(3-11)8-6(5-13-9)4-12-1-2-14-8/h5,12H,1-2,4H2. The molecule has 0 atom stereocenters. The van der Waals surface area contributed by atoms with Crippen LogP contribution in [0, 0.1) is 11.3 Å². The van der Waals surface area contributed by atoms with Crippen LogP contribution in [0.25, 0.3) is 0 Å². The first-order chi connectivity index (χ1) is 6.83. The summed E-state index contributed by atoms with van der Waals surface area (Å²) < 4.78 is 5.44. The van der Waals surface area contributed by atoms with Gasteiger partial charge in [0.2, 0.25) is 0 Å². The number of pyridine rings is 1. The Hall–Kier alpha value is -1.31. The third-order valence-electron chi connectivity index (χ3n) is 2.01. The quantitative estimate of drug-likeness (QED) is 0.650. The van der Waals surface area contributed by atoms with Crippen LogP contribution in [-0.4, -0.2) is 18.1 Å². The van der Waals surface area contributed by atoms with Gasteiger partial charge in [-0.15, -0.1) is 0 Å². The number of ether oxygens (including phenoxy) is 1. The molecule has 1 aliphatic rings. The van der Waals surface area contributed by atoms with Gasteiger partial charge in [-0.2, -0.15) is 5.26 Å². The molecule has 1 aromatic heterocycles. The molecule has 0 saturated carbocycles. The second-order valence-corrected chi connectivity index (χ2v) is 3.27. The Morgan fingerprint density at radius 2 is 2.50 bits per heavy atom. The van der Waals surface area contributed by atoms with E-state index >= 15 is 0 Å². The van der Waals surface area contributed by atoms with Crippen molar-refractivity contribution in [2.24, 2.45) is 0 Å². The number of hydrogen-bond donors (Lipinski definition) is 1. The number of nitrogens with zero attached hydrogens (tertiary/aromatic N) is 2. The van der Waals surface area contributed by atoms with E-state index in [2.05, 4.69) is 10.3 Å². The second kappa shape index (κ2) is 3.82. The molecule has 0 unspecified atom stereocenters. The molecule has 2 heterocycles. The van der Waals surface area contributed by atoms with E-state index < -0.39 is 0 Å². The second-order valence-electron chi connectivity index (χ2n) is 2.92. The summed E-state index contributed by atoms with van der Waals surface area (Å²) in [6.45, 7) is 1.97. The highest BCUT2D eigenvalue weighted by molar-refractivity contribution is 6.30. The van der Waals surface area contributed by atoms with Gasteiger partial charge in [-0.25, -0.2) is 4.98 Å². The molecule has 1 aromatic rings. The van der Waals surface area contributed by atoms with Crippen LogP contribution in [-0.2, 0) is 6.54 Å². The van der Waals surface area contributed by atoms with Crippen molar-refractivity contribution in [3.8, 4) is 11.8 Å². The summed E-state index contributed by atoms with van der Waals surface area (Å²) in [5, 5.41) is 12.3. The average molecular weight is 210 g/mol. The van der Waals surface area contributed by atoms with E-state index in [-0.39, 0.29) is 5.15 Å². The minimum atomic E-state index is 0.202. The highest BCUT2D eigenvalue weighted by Crippen LogP contribution is 2.28. The van der Waals surface area contributed by atoms with Gasteiger partial charge in [-0.3, -0.25) is 0 Å². The summed E-state index contributed by atoms with van der Waals surface area (Å²) in [6, 6.07) is 2.00. The number of nitrogens with one attached hydrogen (secondary N) is 1. The highest BCUT2D eigenvalue weighted by atomic mass is 35.5. The fourth-order valence-electron chi connectivity index (χ4n) is 1.35. The normalized spacial score (nSPS) is 14.9. The summed E-state index contributed by atoms with van der Waals surface area (Å²) in [5.41, 5.74) is 1.20. The topological polar surface area (TPSA) is 57.9 Å². The lowest BCUT2D eigenvalue weighted by Gasteiger charge is -2.08. The van der Waals surface area contributed by atoms with E-state index in [0.717, 1.165) is 12.1 Å². The number of aromatic nitrogens is 1. The van der Waals surface area contributed by atoms with Crippen molar-refractivity contribution in [3.63, 3.8) is 0 Å². The van der Waals surface area contributed by atoms with Gasteiger partial charge in [0.15, 0.2) is 5.15 Å². The zero-order valence-electron chi connectivity index (χ0n) is 7.38. The monoisotopic (exact) mass is 209 g/mol. The molecule has 0 amide bonds. The van der Waals surface area contributed by atoms with Gasteiger partial charge in [0.25, 0.3) is 0 Å². The Labute approximate surface area is 86.5 Å². The van der Waals surface area contributed by atoms with E-state index in [4.69, 9.17) is 21.6 Å². The molecule has 0 fully saturated rings. The minimum absolute atomic E-state index is 0.202. The van der Waals surface area contributed by atoms with E-state index in [1.807, 2.05) is 6.07 Å². The zero-order chi connectivity index (χ0) is 9.97. The number of nitriles is 1. The summed E-state index contributed by atoms with van der Waals surface area (Å²) in [7, 11) is 0. The molecule has 2 rings (SSSR count). The highest BCUT2D eigenvalue weighted by Gasteiger charge is 2.16. The predicted molar refractivity (Wildman–Crippen MR) is 51.2 cm³/mol. The maximum absolute atomic E-state index is 8.89. The molecule has 0 aliphatic carbocycles.